The predicted molar refractivity (Wildman–Crippen MR) is 120 cm³/mol. The van der Waals surface area contributed by atoms with Crippen molar-refractivity contribution in [2.75, 3.05) is 19.1 Å². The van der Waals surface area contributed by atoms with Crippen molar-refractivity contribution in [2.45, 2.75) is 12.5 Å². The molecule has 1 aliphatic heterocycles. The van der Waals surface area contributed by atoms with Crippen LogP contribution in [0.25, 0.3) is 17.4 Å². The molecule has 1 N–H and O–H groups in total. The minimum Gasteiger partial charge on any atom is -0.497 e. The first-order chi connectivity index (χ1) is 13.9. The van der Waals surface area contributed by atoms with Crippen molar-refractivity contribution in [3.05, 3.63) is 47.1 Å². The molecule has 6 nitrogen and oxygen atoms in total. The van der Waals surface area contributed by atoms with Crippen molar-refractivity contribution in [1.82, 2.24) is 4.90 Å². The van der Waals surface area contributed by atoms with Crippen LogP contribution < -0.4 is 4.74 Å². The van der Waals surface area contributed by atoms with Crippen molar-refractivity contribution >= 4 is 58.0 Å². The maximum absolute atomic E-state index is 12.8. The van der Waals surface area contributed by atoms with Crippen LogP contribution in [0.2, 0.25) is 0 Å². The van der Waals surface area contributed by atoms with Crippen molar-refractivity contribution in [3.63, 3.8) is 0 Å². The van der Waals surface area contributed by atoms with Gasteiger partial charge in [-0.1, -0.05) is 24.0 Å². The van der Waals surface area contributed by atoms with Gasteiger partial charge in [0, 0.05) is 11.6 Å². The summed E-state index contributed by atoms with van der Waals surface area (Å²) in [6.45, 7) is 0. The van der Waals surface area contributed by atoms with Crippen LogP contribution in [0, 0.1) is 0 Å². The van der Waals surface area contributed by atoms with Crippen LogP contribution in [0.5, 0.6) is 5.75 Å². The number of ether oxygens (including phenoxy) is 1. The third-order valence-electron chi connectivity index (χ3n) is 4.29. The Morgan fingerprint density at radius 2 is 2.07 bits per heavy atom. The van der Waals surface area contributed by atoms with Crippen LogP contribution in [0.3, 0.4) is 0 Å². The van der Waals surface area contributed by atoms with Gasteiger partial charge < -0.3 is 14.3 Å². The Labute approximate surface area is 182 Å². The van der Waals surface area contributed by atoms with E-state index in [9.17, 15) is 14.7 Å². The highest BCUT2D eigenvalue weighted by Gasteiger charge is 2.40. The second kappa shape index (κ2) is 9.51. The van der Waals surface area contributed by atoms with E-state index in [2.05, 4.69) is 0 Å². The number of benzene rings is 1. The predicted octanol–water partition coefficient (Wildman–Crippen LogP) is 4.36. The lowest BCUT2D eigenvalue weighted by Gasteiger charge is -2.22. The Bertz CT molecular complexity index is 951. The maximum atomic E-state index is 12.8. The van der Waals surface area contributed by atoms with E-state index < -0.39 is 17.9 Å². The van der Waals surface area contributed by atoms with Crippen LogP contribution in [0.4, 0.5) is 0 Å². The molecule has 9 heteroatoms. The van der Waals surface area contributed by atoms with Crippen molar-refractivity contribution in [3.8, 4) is 17.1 Å². The Hall–Kier alpha value is -2.23. The molecule has 1 saturated heterocycles. The summed E-state index contributed by atoms with van der Waals surface area (Å²) in [4.78, 5) is 26.0. The third kappa shape index (κ3) is 4.85. The van der Waals surface area contributed by atoms with Crippen LogP contribution in [0.15, 0.2) is 45.7 Å². The molecule has 0 saturated carbocycles. The molecule has 1 fully saturated rings. The number of thioether (sulfide) groups is 2. The lowest BCUT2D eigenvalue weighted by molar-refractivity contribution is -0.145. The van der Waals surface area contributed by atoms with Crippen LogP contribution in [-0.4, -0.2) is 51.4 Å². The summed E-state index contributed by atoms with van der Waals surface area (Å²) in [6.07, 6.45) is 3.82. The number of amides is 1. The summed E-state index contributed by atoms with van der Waals surface area (Å²) >= 11 is 7.89. The molecule has 0 aliphatic carbocycles. The molecule has 0 unspecified atom stereocenters. The molecular weight excluding hydrogens is 430 g/mol. The van der Waals surface area contributed by atoms with Gasteiger partial charge in [0.25, 0.3) is 5.91 Å². The van der Waals surface area contributed by atoms with E-state index in [1.165, 1.54) is 16.7 Å². The number of carboxylic acids is 1. The number of furan rings is 1. The molecule has 1 amide bonds. The average molecular weight is 450 g/mol. The van der Waals surface area contributed by atoms with Crippen molar-refractivity contribution in [1.29, 1.82) is 0 Å². The Kier molecular flexibility index (Phi) is 7.05. The van der Waals surface area contributed by atoms with Gasteiger partial charge in [0.2, 0.25) is 0 Å². The average Bonchev–Trinajstić information content (AvgIpc) is 3.28. The molecule has 1 atom stereocenters. The van der Waals surface area contributed by atoms with Gasteiger partial charge in [0.05, 0.1) is 12.0 Å². The van der Waals surface area contributed by atoms with Crippen LogP contribution >= 0.6 is 35.7 Å². The summed E-state index contributed by atoms with van der Waals surface area (Å²) in [6, 6.07) is 10.0. The summed E-state index contributed by atoms with van der Waals surface area (Å²) < 4.78 is 11.2. The standard InChI is InChI=1S/C20H19NO5S3/c1-25-13-5-3-12(4-6-13)16-8-7-14(26-16)11-17-18(22)21(20(27)29-17)15(19(23)24)9-10-28-2/h3-8,11,15H,9-10H2,1-2H3,(H,23,24)/b17-11+/t15-/m1/s1. The van der Waals surface area contributed by atoms with Gasteiger partial charge in [-0.15, -0.1) is 0 Å². The first kappa shape index (κ1) is 21.5. The van der Waals surface area contributed by atoms with Gasteiger partial charge in [-0.05, 0) is 54.8 Å². The SMILES string of the molecule is COc1ccc(-c2ccc(/C=C3/SC(=S)N([C@H](CCSC)C(=O)O)C3=O)o2)cc1. The quantitative estimate of drug-likeness (QED) is 0.470. The molecule has 0 radical (unpaired) electrons. The number of aliphatic carboxylic acids is 1. The van der Waals surface area contributed by atoms with Crippen molar-refractivity contribution < 1.29 is 23.8 Å². The van der Waals surface area contributed by atoms with Gasteiger partial charge in [-0.25, -0.2) is 4.79 Å². The van der Waals surface area contributed by atoms with Crippen molar-refractivity contribution in [2.24, 2.45) is 0 Å². The van der Waals surface area contributed by atoms with E-state index in [-0.39, 0.29) is 4.32 Å². The maximum Gasteiger partial charge on any atom is 0.326 e. The summed E-state index contributed by atoms with van der Waals surface area (Å²) in [5.74, 6) is 1.05. The smallest absolute Gasteiger partial charge is 0.326 e. The minimum atomic E-state index is -1.06. The topological polar surface area (TPSA) is 80.0 Å². The molecule has 1 aromatic carbocycles. The van der Waals surface area contributed by atoms with E-state index in [1.54, 1.807) is 19.3 Å². The molecule has 0 bridgehead atoms. The highest BCUT2D eigenvalue weighted by molar-refractivity contribution is 8.26. The van der Waals surface area contributed by atoms with E-state index in [0.717, 1.165) is 23.1 Å². The first-order valence-electron chi connectivity index (χ1n) is 8.67. The number of methoxy groups -OCH3 is 1. The fourth-order valence-corrected chi connectivity index (χ4v) is 4.61. The molecule has 3 rings (SSSR count). The molecule has 2 heterocycles. The Balaban J connectivity index is 1.80. The molecule has 2 aromatic rings. The molecule has 29 heavy (non-hydrogen) atoms. The van der Waals surface area contributed by atoms with Gasteiger partial charge >= 0.3 is 5.97 Å². The second-order valence-electron chi connectivity index (χ2n) is 6.12. The van der Waals surface area contributed by atoms with E-state index in [1.807, 2.05) is 36.6 Å². The lowest BCUT2D eigenvalue weighted by atomic mass is 10.2. The normalized spacial score (nSPS) is 16.5. The van der Waals surface area contributed by atoms with Gasteiger partial charge in [-0.2, -0.15) is 11.8 Å². The molecule has 152 valence electrons. The number of rotatable bonds is 8. The van der Waals surface area contributed by atoms with Crippen LogP contribution in [-0.2, 0) is 9.59 Å². The largest absolute Gasteiger partial charge is 0.497 e. The zero-order valence-electron chi connectivity index (χ0n) is 15.8. The lowest BCUT2D eigenvalue weighted by Crippen LogP contribution is -2.44. The monoisotopic (exact) mass is 449 g/mol. The Morgan fingerprint density at radius 1 is 1.34 bits per heavy atom. The van der Waals surface area contributed by atoms with Gasteiger partial charge in [0.15, 0.2) is 0 Å². The highest BCUT2D eigenvalue weighted by Crippen LogP contribution is 2.35. The fourth-order valence-electron chi connectivity index (χ4n) is 2.81. The van der Waals surface area contributed by atoms with Crippen LogP contribution in [0.1, 0.15) is 12.2 Å². The summed E-state index contributed by atoms with van der Waals surface area (Å²) in [5.41, 5.74) is 0.876. The highest BCUT2D eigenvalue weighted by atomic mass is 32.2. The first-order valence-corrected chi connectivity index (χ1v) is 11.3. The summed E-state index contributed by atoms with van der Waals surface area (Å²) in [7, 11) is 1.60. The minimum absolute atomic E-state index is 0.247. The molecule has 1 aromatic heterocycles. The second-order valence-corrected chi connectivity index (χ2v) is 8.78. The number of hydrogen-bond donors (Lipinski definition) is 1. The van der Waals surface area contributed by atoms with E-state index >= 15 is 0 Å². The summed E-state index contributed by atoms with van der Waals surface area (Å²) in [5, 5.41) is 9.52. The number of thiocarbonyl (C=S) groups is 1. The number of carbonyl (C=O) groups is 2. The van der Waals surface area contributed by atoms with Gasteiger partial charge in [0.1, 0.15) is 27.6 Å². The number of nitrogens with zero attached hydrogens (tertiary/aromatic N) is 1. The van der Waals surface area contributed by atoms with Gasteiger partial charge in [-0.3, -0.25) is 9.69 Å². The number of hydrogen-bond acceptors (Lipinski definition) is 7. The number of carboxylic acid groups (broad SMARTS) is 1. The van der Waals surface area contributed by atoms with E-state index in [0.29, 0.717) is 28.6 Å². The molecule has 1 aliphatic rings. The number of carbonyl (C=O) groups excluding carboxylic acids is 1. The zero-order chi connectivity index (χ0) is 21.0. The Morgan fingerprint density at radius 3 is 2.69 bits per heavy atom. The zero-order valence-corrected chi connectivity index (χ0v) is 18.2. The third-order valence-corrected chi connectivity index (χ3v) is 6.26. The molecule has 0 spiro atoms. The van der Waals surface area contributed by atoms with E-state index in [4.69, 9.17) is 21.4 Å². The fraction of sp³-hybridized carbons (Fsp3) is 0.250. The molecular formula is C20H19NO5S3.